The lowest BCUT2D eigenvalue weighted by molar-refractivity contribution is 0.180. The smallest absolute Gasteiger partial charge is 0.0598 e. The first-order valence-corrected chi connectivity index (χ1v) is 9.97. The number of ether oxygens (including phenoxy) is 1. The van der Waals surface area contributed by atoms with Crippen molar-refractivity contribution in [2.24, 2.45) is 5.92 Å². The molecule has 0 amide bonds. The summed E-state index contributed by atoms with van der Waals surface area (Å²) in [6.45, 7) is 0.899. The third-order valence-corrected chi connectivity index (χ3v) is 6.18. The minimum Gasteiger partial charge on any atom is -0.385 e. The van der Waals surface area contributed by atoms with Gasteiger partial charge in [-0.25, -0.2) is 0 Å². The van der Waals surface area contributed by atoms with Crippen molar-refractivity contribution in [3.8, 4) is 11.1 Å². The summed E-state index contributed by atoms with van der Waals surface area (Å²) in [4.78, 5) is 0. The second-order valence-corrected chi connectivity index (χ2v) is 7.92. The fourth-order valence-corrected chi connectivity index (χ4v) is 4.22. The highest BCUT2D eigenvalue weighted by Gasteiger charge is 2.22. The minimum atomic E-state index is 0.601. The van der Waals surface area contributed by atoms with Crippen LogP contribution in [0.25, 0.3) is 11.1 Å². The van der Waals surface area contributed by atoms with Crippen LogP contribution in [-0.4, -0.2) is 13.7 Å². The Kier molecular flexibility index (Phi) is 6.81. The van der Waals surface area contributed by atoms with E-state index >= 15 is 0 Å². The van der Waals surface area contributed by atoms with Gasteiger partial charge in [0.2, 0.25) is 0 Å². The van der Waals surface area contributed by atoms with Crippen LogP contribution in [0.5, 0.6) is 0 Å². The SMILES string of the molecule is COCCCC1CCC(c2ccc(-c3ccc(Cl)c(Cl)c3)cc2)CC1. The van der Waals surface area contributed by atoms with E-state index in [4.69, 9.17) is 27.9 Å². The molecule has 0 aliphatic heterocycles. The third kappa shape index (κ3) is 5.00. The van der Waals surface area contributed by atoms with Crippen molar-refractivity contribution in [1.29, 1.82) is 0 Å². The second-order valence-electron chi connectivity index (χ2n) is 7.10. The number of halogens is 2. The monoisotopic (exact) mass is 376 g/mol. The van der Waals surface area contributed by atoms with Crippen LogP contribution in [0.3, 0.4) is 0 Å². The summed E-state index contributed by atoms with van der Waals surface area (Å²) in [6.07, 6.45) is 7.83. The number of hydrogen-bond acceptors (Lipinski definition) is 1. The summed E-state index contributed by atoms with van der Waals surface area (Å²) in [5.74, 6) is 1.60. The number of hydrogen-bond donors (Lipinski definition) is 0. The minimum absolute atomic E-state index is 0.601. The molecular weight excluding hydrogens is 351 g/mol. The first-order valence-electron chi connectivity index (χ1n) is 9.21. The molecule has 1 saturated carbocycles. The molecule has 0 atom stereocenters. The molecule has 0 spiro atoms. The summed E-state index contributed by atoms with van der Waals surface area (Å²) in [5.41, 5.74) is 3.78. The topological polar surface area (TPSA) is 9.23 Å². The van der Waals surface area contributed by atoms with Gasteiger partial charge in [-0.3, -0.25) is 0 Å². The van der Waals surface area contributed by atoms with Crippen molar-refractivity contribution in [1.82, 2.24) is 0 Å². The molecule has 1 nitrogen and oxygen atoms in total. The lowest BCUT2D eigenvalue weighted by atomic mass is 9.77. The Labute approximate surface area is 161 Å². The number of methoxy groups -OCH3 is 1. The molecule has 0 bridgehead atoms. The van der Waals surface area contributed by atoms with E-state index in [-0.39, 0.29) is 0 Å². The maximum absolute atomic E-state index is 6.14. The van der Waals surface area contributed by atoms with Crippen molar-refractivity contribution in [3.63, 3.8) is 0 Å². The highest BCUT2D eigenvalue weighted by Crippen LogP contribution is 2.38. The zero-order valence-corrected chi connectivity index (χ0v) is 16.3. The predicted molar refractivity (Wildman–Crippen MR) is 108 cm³/mol. The fraction of sp³-hybridized carbons (Fsp3) is 0.455. The van der Waals surface area contributed by atoms with Gasteiger partial charge in [0, 0.05) is 13.7 Å². The average Bonchev–Trinajstić information content (AvgIpc) is 2.65. The van der Waals surface area contributed by atoms with E-state index in [1.807, 2.05) is 18.2 Å². The Bertz CT molecular complexity index is 673. The molecule has 25 heavy (non-hydrogen) atoms. The summed E-state index contributed by atoms with van der Waals surface area (Å²) < 4.78 is 5.17. The molecule has 0 radical (unpaired) electrons. The highest BCUT2D eigenvalue weighted by atomic mass is 35.5. The molecule has 0 saturated heterocycles. The van der Waals surface area contributed by atoms with E-state index in [0.717, 1.165) is 18.1 Å². The Hall–Kier alpha value is -1.02. The normalized spacial score (nSPS) is 20.6. The number of benzene rings is 2. The second kappa shape index (κ2) is 9.07. The summed E-state index contributed by atoms with van der Waals surface area (Å²) in [6, 6.07) is 14.8. The fourth-order valence-electron chi connectivity index (χ4n) is 3.92. The van der Waals surface area contributed by atoms with Gasteiger partial charge in [0.15, 0.2) is 0 Å². The maximum Gasteiger partial charge on any atom is 0.0598 e. The quantitative estimate of drug-likeness (QED) is 0.478. The van der Waals surface area contributed by atoms with E-state index in [0.29, 0.717) is 16.0 Å². The molecule has 0 heterocycles. The molecule has 0 N–H and O–H groups in total. The molecule has 0 unspecified atom stereocenters. The number of rotatable bonds is 6. The van der Waals surface area contributed by atoms with Crippen LogP contribution in [0.2, 0.25) is 10.0 Å². The third-order valence-electron chi connectivity index (χ3n) is 5.44. The Balaban J connectivity index is 1.59. The molecule has 134 valence electrons. The van der Waals surface area contributed by atoms with Crippen LogP contribution < -0.4 is 0 Å². The van der Waals surface area contributed by atoms with Gasteiger partial charge in [0.25, 0.3) is 0 Å². The summed E-state index contributed by atoms with van der Waals surface area (Å²) in [5, 5.41) is 1.21. The van der Waals surface area contributed by atoms with E-state index in [9.17, 15) is 0 Å². The average molecular weight is 377 g/mol. The highest BCUT2D eigenvalue weighted by molar-refractivity contribution is 6.42. The van der Waals surface area contributed by atoms with Gasteiger partial charge < -0.3 is 4.74 Å². The zero-order chi connectivity index (χ0) is 17.6. The largest absolute Gasteiger partial charge is 0.385 e. The zero-order valence-electron chi connectivity index (χ0n) is 14.8. The van der Waals surface area contributed by atoms with Gasteiger partial charge in [-0.05, 0) is 79.2 Å². The first kappa shape index (κ1) is 18.8. The Morgan fingerprint density at radius 1 is 0.880 bits per heavy atom. The van der Waals surface area contributed by atoms with E-state index in [1.165, 1.54) is 49.7 Å². The van der Waals surface area contributed by atoms with Crippen LogP contribution in [-0.2, 0) is 4.74 Å². The standard InChI is InChI=1S/C22H26Cl2O/c1-25-14-2-3-16-4-6-17(7-5-16)18-8-10-19(11-9-18)20-12-13-21(23)22(24)15-20/h8-13,15-17H,2-7,14H2,1H3. The van der Waals surface area contributed by atoms with E-state index in [2.05, 4.69) is 24.3 Å². The van der Waals surface area contributed by atoms with Crippen molar-refractivity contribution in [3.05, 3.63) is 58.1 Å². The summed E-state index contributed by atoms with van der Waals surface area (Å²) in [7, 11) is 1.79. The molecule has 1 aliphatic rings. The van der Waals surface area contributed by atoms with Gasteiger partial charge in [-0.2, -0.15) is 0 Å². The van der Waals surface area contributed by atoms with Crippen molar-refractivity contribution in [2.75, 3.05) is 13.7 Å². The van der Waals surface area contributed by atoms with Crippen molar-refractivity contribution >= 4 is 23.2 Å². The van der Waals surface area contributed by atoms with Gasteiger partial charge >= 0.3 is 0 Å². The Morgan fingerprint density at radius 3 is 2.20 bits per heavy atom. The van der Waals surface area contributed by atoms with Crippen molar-refractivity contribution < 1.29 is 4.74 Å². The molecule has 3 rings (SSSR count). The molecule has 0 aromatic heterocycles. The van der Waals surface area contributed by atoms with E-state index < -0.39 is 0 Å². The molecule has 1 fully saturated rings. The van der Waals surface area contributed by atoms with Gasteiger partial charge in [0.1, 0.15) is 0 Å². The van der Waals surface area contributed by atoms with Crippen LogP contribution in [0.4, 0.5) is 0 Å². The molecule has 2 aromatic carbocycles. The molecule has 3 heteroatoms. The van der Waals surface area contributed by atoms with Gasteiger partial charge in [-0.1, -0.05) is 53.5 Å². The van der Waals surface area contributed by atoms with Crippen molar-refractivity contribution in [2.45, 2.75) is 44.4 Å². The molecule has 1 aliphatic carbocycles. The molecular formula is C22H26Cl2O. The van der Waals surface area contributed by atoms with Gasteiger partial charge in [-0.15, -0.1) is 0 Å². The summed E-state index contributed by atoms with van der Waals surface area (Å²) >= 11 is 12.1. The van der Waals surface area contributed by atoms with Crippen LogP contribution in [0, 0.1) is 5.92 Å². The van der Waals surface area contributed by atoms with Gasteiger partial charge in [0.05, 0.1) is 10.0 Å². The lowest BCUT2D eigenvalue weighted by Gasteiger charge is -2.29. The Morgan fingerprint density at radius 2 is 1.56 bits per heavy atom. The first-order chi connectivity index (χ1) is 12.2. The van der Waals surface area contributed by atoms with Crippen LogP contribution in [0.1, 0.15) is 50.0 Å². The van der Waals surface area contributed by atoms with Crippen LogP contribution in [0.15, 0.2) is 42.5 Å². The maximum atomic E-state index is 6.14. The predicted octanol–water partition coefficient (Wildman–Crippen LogP) is 7.36. The lowest BCUT2D eigenvalue weighted by Crippen LogP contribution is -2.13. The van der Waals surface area contributed by atoms with E-state index in [1.54, 1.807) is 7.11 Å². The molecule has 2 aromatic rings. The van der Waals surface area contributed by atoms with Crippen LogP contribution >= 0.6 is 23.2 Å².